The van der Waals surface area contributed by atoms with Gasteiger partial charge in [-0.05, 0) is 79.6 Å². The summed E-state index contributed by atoms with van der Waals surface area (Å²) in [5.41, 5.74) is 13.9. The first-order valence-electron chi connectivity index (χ1n) is 18.2. The van der Waals surface area contributed by atoms with E-state index in [2.05, 4.69) is 198 Å². The van der Waals surface area contributed by atoms with E-state index in [1.807, 2.05) is 0 Å². The number of pyridine rings is 1. The summed E-state index contributed by atoms with van der Waals surface area (Å²) in [6.45, 7) is 4.39. The highest BCUT2D eigenvalue weighted by Crippen LogP contribution is 2.43. The monoisotopic (exact) mass is 678 g/mol. The smallest absolute Gasteiger partial charge is 0.137 e. The average Bonchev–Trinajstić information content (AvgIpc) is 3.83. The maximum absolute atomic E-state index is 5.33. The fraction of sp³-hybridized carbons (Fsp3) is 0.0408. The van der Waals surface area contributed by atoms with Crippen LogP contribution in [0.5, 0.6) is 0 Å². The zero-order valence-electron chi connectivity index (χ0n) is 29.5. The van der Waals surface area contributed by atoms with Gasteiger partial charge in [0.2, 0.25) is 0 Å². The third kappa shape index (κ3) is 4.27. The van der Waals surface area contributed by atoms with Crippen LogP contribution in [0.1, 0.15) is 11.1 Å². The Morgan fingerprint density at radius 2 is 0.792 bits per heavy atom. The highest BCUT2D eigenvalue weighted by Gasteiger charge is 2.23. The van der Waals surface area contributed by atoms with Gasteiger partial charge >= 0.3 is 0 Å². The van der Waals surface area contributed by atoms with Gasteiger partial charge in [0, 0.05) is 49.6 Å². The topological polar surface area (TPSA) is 27.7 Å². The molecule has 53 heavy (non-hydrogen) atoms. The number of fused-ring (bicyclic) bond motifs is 9. The second-order valence-corrected chi connectivity index (χ2v) is 14.1. The fourth-order valence-corrected chi connectivity index (χ4v) is 8.79. The van der Waals surface area contributed by atoms with E-state index >= 15 is 0 Å². The molecule has 0 spiro atoms. The maximum Gasteiger partial charge on any atom is 0.137 e. The summed E-state index contributed by atoms with van der Waals surface area (Å²) in [7, 11) is 0. The van der Waals surface area contributed by atoms with Crippen LogP contribution in [0.2, 0.25) is 0 Å². The molecule has 0 saturated heterocycles. The Morgan fingerprint density at radius 1 is 0.377 bits per heavy atom. The quantitative estimate of drug-likeness (QED) is 0.182. The lowest BCUT2D eigenvalue weighted by Gasteiger charge is -2.21. The highest BCUT2D eigenvalue weighted by atomic mass is 15.1. The number of nitrogens with zero attached hydrogens (tertiary/aromatic N) is 4. The van der Waals surface area contributed by atoms with Crippen molar-refractivity contribution in [3.63, 3.8) is 0 Å². The van der Waals surface area contributed by atoms with Crippen LogP contribution >= 0.6 is 0 Å². The molecular formula is C49H34N4. The zero-order chi connectivity index (χ0) is 35.2. The van der Waals surface area contributed by atoms with E-state index in [1.54, 1.807) is 0 Å². The number of aromatic nitrogens is 4. The Bertz CT molecular complexity index is 3020. The predicted octanol–water partition coefficient (Wildman–Crippen LogP) is 12.7. The van der Waals surface area contributed by atoms with Crippen molar-refractivity contribution in [1.29, 1.82) is 0 Å². The Hall–Kier alpha value is -6.91. The summed E-state index contributed by atoms with van der Waals surface area (Å²) >= 11 is 0. The van der Waals surface area contributed by atoms with Crippen LogP contribution < -0.4 is 0 Å². The Morgan fingerprint density at radius 3 is 1.25 bits per heavy atom. The van der Waals surface area contributed by atoms with E-state index in [0.717, 1.165) is 39.4 Å². The van der Waals surface area contributed by atoms with Crippen LogP contribution in [-0.4, -0.2) is 18.7 Å². The largest absolute Gasteiger partial charge is 0.309 e. The first-order valence-corrected chi connectivity index (χ1v) is 18.2. The van der Waals surface area contributed by atoms with Crippen molar-refractivity contribution >= 4 is 65.4 Å². The van der Waals surface area contributed by atoms with Gasteiger partial charge in [-0.15, -0.1) is 0 Å². The molecule has 0 fully saturated rings. The second kappa shape index (κ2) is 11.3. The standard InChI is InChI=1S/C49H34N4/c1-31-26-27-38-37-18-7-12-23-44(37)53(47(38)28-31)48-29-32(2)39(30-50-48)49-45(51-40-19-8-3-14-33(40)34-15-4-9-20-41(34)51)24-13-25-46(49)52-42-21-10-5-16-35(42)36-17-6-11-22-43(36)52/h3-30H,1-2H3. The molecule has 0 aliphatic heterocycles. The lowest BCUT2D eigenvalue weighted by atomic mass is 9.98. The minimum atomic E-state index is 0.913. The minimum Gasteiger partial charge on any atom is -0.309 e. The third-order valence-corrected chi connectivity index (χ3v) is 11.1. The summed E-state index contributed by atoms with van der Waals surface area (Å²) in [4.78, 5) is 5.33. The molecular weight excluding hydrogens is 645 g/mol. The summed E-state index contributed by atoms with van der Waals surface area (Å²) in [6.07, 6.45) is 2.10. The molecule has 4 heteroatoms. The van der Waals surface area contributed by atoms with Crippen LogP contribution in [0.25, 0.3) is 93.7 Å². The number of hydrogen-bond donors (Lipinski definition) is 0. The van der Waals surface area contributed by atoms with E-state index in [4.69, 9.17) is 4.98 Å². The third-order valence-electron chi connectivity index (χ3n) is 11.1. The average molecular weight is 679 g/mol. The van der Waals surface area contributed by atoms with Crippen molar-refractivity contribution in [2.45, 2.75) is 13.8 Å². The van der Waals surface area contributed by atoms with Gasteiger partial charge in [-0.25, -0.2) is 4.98 Å². The molecule has 0 saturated carbocycles. The van der Waals surface area contributed by atoms with E-state index in [-0.39, 0.29) is 0 Å². The molecule has 4 aromatic heterocycles. The van der Waals surface area contributed by atoms with Crippen LogP contribution in [0.15, 0.2) is 170 Å². The molecule has 0 unspecified atom stereocenters. The molecule has 4 nitrogen and oxygen atoms in total. The molecule has 11 aromatic rings. The molecule has 250 valence electrons. The molecule has 7 aromatic carbocycles. The van der Waals surface area contributed by atoms with Gasteiger partial charge < -0.3 is 9.13 Å². The van der Waals surface area contributed by atoms with E-state index in [0.29, 0.717) is 0 Å². The van der Waals surface area contributed by atoms with Crippen LogP contribution in [0, 0.1) is 13.8 Å². The van der Waals surface area contributed by atoms with Crippen LogP contribution in [0.4, 0.5) is 0 Å². The summed E-state index contributed by atoms with van der Waals surface area (Å²) in [5.74, 6) is 0.913. The molecule has 4 heterocycles. The van der Waals surface area contributed by atoms with Crippen molar-refractivity contribution in [2.24, 2.45) is 0 Å². The van der Waals surface area contributed by atoms with Gasteiger partial charge in [-0.2, -0.15) is 0 Å². The number of para-hydroxylation sites is 5. The van der Waals surface area contributed by atoms with Gasteiger partial charge in [-0.1, -0.05) is 109 Å². The van der Waals surface area contributed by atoms with Crippen molar-refractivity contribution in [2.75, 3.05) is 0 Å². The van der Waals surface area contributed by atoms with Gasteiger partial charge in [0.15, 0.2) is 0 Å². The molecule has 0 atom stereocenters. The van der Waals surface area contributed by atoms with Crippen molar-refractivity contribution in [3.8, 4) is 28.3 Å². The van der Waals surface area contributed by atoms with Gasteiger partial charge in [0.1, 0.15) is 5.82 Å². The molecule has 0 N–H and O–H groups in total. The van der Waals surface area contributed by atoms with Crippen molar-refractivity contribution in [1.82, 2.24) is 18.7 Å². The predicted molar refractivity (Wildman–Crippen MR) is 222 cm³/mol. The van der Waals surface area contributed by atoms with E-state index < -0.39 is 0 Å². The Balaban J connectivity index is 1.25. The molecule has 0 radical (unpaired) electrons. The number of rotatable bonds is 4. The van der Waals surface area contributed by atoms with Crippen molar-refractivity contribution < 1.29 is 0 Å². The van der Waals surface area contributed by atoms with Gasteiger partial charge in [-0.3, -0.25) is 4.57 Å². The first-order chi connectivity index (χ1) is 26.2. The summed E-state index contributed by atoms with van der Waals surface area (Å²) < 4.78 is 7.21. The Labute approximate surface area is 306 Å². The number of benzene rings is 7. The normalized spacial score (nSPS) is 12.0. The lowest BCUT2D eigenvalue weighted by Crippen LogP contribution is -2.05. The molecule has 0 aliphatic carbocycles. The summed E-state index contributed by atoms with van der Waals surface area (Å²) in [5, 5.41) is 7.43. The van der Waals surface area contributed by atoms with E-state index in [9.17, 15) is 0 Å². The van der Waals surface area contributed by atoms with Crippen molar-refractivity contribution in [3.05, 3.63) is 181 Å². The highest BCUT2D eigenvalue weighted by molar-refractivity contribution is 6.12. The molecule has 0 bridgehead atoms. The minimum absolute atomic E-state index is 0.913. The zero-order valence-corrected chi connectivity index (χ0v) is 29.5. The summed E-state index contributed by atoms with van der Waals surface area (Å²) in [6, 6.07) is 59.4. The van der Waals surface area contributed by atoms with E-state index in [1.165, 1.54) is 65.5 Å². The fourth-order valence-electron chi connectivity index (χ4n) is 8.79. The number of hydrogen-bond acceptors (Lipinski definition) is 1. The SMILES string of the molecule is Cc1ccc2c3ccccc3n(-c3cc(C)c(-c4c(-n5c6ccccc6c6ccccc65)cccc4-n4c5ccccc5c5ccccc54)cn3)c2c1. The Kier molecular flexibility index (Phi) is 6.35. The molecule has 0 amide bonds. The second-order valence-electron chi connectivity index (χ2n) is 14.1. The van der Waals surface area contributed by atoms with Crippen LogP contribution in [0.3, 0.4) is 0 Å². The number of aryl methyl sites for hydroxylation is 2. The van der Waals surface area contributed by atoms with Gasteiger partial charge in [0.05, 0.1) is 44.5 Å². The first kappa shape index (κ1) is 29.8. The van der Waals surface area contributed by atoms with Crippen LogP contribution in [-0.2, 0) is 0 Å². The van der Waals surface area contributed by atoms with Gasteiger partial charge in [0.25, 0.3) is 0 Å². The lowest BCUT2D eigenvalue weighted by molar-refractivity contribution is 1.07. The maximum atomic E-state index is 5.33. The molecule has 11 rings (SSSR count). The molecule has 0 aliphatic rings.